The van der Waals surface area contributed by atoms with Gasteiger partial charge in [0.05, 0.1) is 28.5 Å². The molecule has 0 fully saturated rings. The van der Waals surface area contributed by atoms with Crippen molar-refractivity contribution >= 4 is 51.2 Å². The number of nitrogens with zero attached hydrogens (tertiary/aromatic N) is 2. The zero-order valence-corrected chi connectivity index (χ0v) is 19.5. The van der Waals surface area contributed by atoms with Crippen LogP contribution in [0, 0.1) is 13.8 Å². The van der Waals surface area contributed by atoms with Crippen LogP contribution in [0.1, 0.15) is 16.9 Å². The van der Waals surface area contributed by atoms with Gasteiger partial charge in [-0.1, -0.05) is 64.8 Å². The van der Waals surface area contributed by atoms with Crippen LogP contribution in [0.25, 0.3) is 21.8 Å². The Kier molecular flexibility index (Phi) is 6.65. The van der Waals surface area contributed by atoms with Gasteiger partial charge in [-0.2, -0.15) is 0 Å². The van der Waals surface area contributed by atoms with Crippen molar-refractivity contribution in [3.63, 3.8) is 0 Å². The summed E-state index contributed by atoms with van der Waals surface area (Å²) >= 11 is 6.40. The Labute approximate surface area is 200 Å². The number of amides is 1. The number of para-hydroxylation sites is 2. The average molecular weight is 475 g/mol. The van der Waals surface area contributed by atoms with Gasteiger partial charge in [-0.3, -0.25) is 9.59 Å². The molecule has 0 saturated heterocycles. The highest BCUT2D eigenvalue weighted by Crippen LogP contribution is 2.30. The quantitative estimate of drug-likeness (QED) is 0.272. The van der Waals surface area contributed by atoms with Crippen molar-refractivity contribution in [2.24, 2.45) is 0 Å². The number of aromatic nitrogens is 2. The van der Waals surface area contributed by atoms with Crippen molar-refractivity contribution < 1.29 is 9.32 Å². The molecule has 7 nitrogen and oxygen atoms in total. The van der Waals surface area contributed by atoms with E-state index in [4.69, 9.17) is 21.9 Å². The van der Waals surface area contributed by atoms with E-state index >= 15 is 0 Å². The lowest BCUT2D eigenvalue weighted by molar-refractivity contribution is -0.105. The van der Waals surface area contributed by atoms with Gasteiger partial charge >= 0.3 is 0 Å². The third-order valence-electron chi connectivity index (χ3n) is 5.48. The number of benzene rings is 3. The van der Waals surface area contributed by atoms with E-state index < -0.39 is 0 Å². The minimum Gasteiger partial charge on any atom is -0.397 e. The third kappa shape index (κ3) is 4.51. The van der Waals surface area contributed by atoms with Gasteiger partial charge in [0.15, 0.2) is 0 Å². The molecule has 3 N–H and O–H groups in total. The van der Waals surface area contributed by atoms with Gasteiger partial charge in [0.25, 0.3) is 5.56 Å². The molecule has 0 saturated carbocycles. The normalized spacial score (nSPS) is 10.7. The van der Waals surface area contributed by atoms with Crippen LogP contribution in [0.5, 0.6) is 0 Å². The summed E-state index contributed by atoms with van der Waals surface area (Å²) in [6, 6.07) is 20.8. The molecule has 8 heteroatoms. The van der Waals surface area contributed by atoms with Crippen molar-refractivity contribution in [2.45, 2.75) is 20.4 Å². The number of rotatable bonds is 4. The van der Waals surface area contributed by atoms with Crippen molar-refractivity contribution in [3.8, 4) is 0 Å². The van der Waals surface area contributed by atoms with Crippen molar-refractivity contribution in [3.05, 3.63) is 99.0 Å². The monoisotopic (exact) mass is 474 g/mol. The Morgan fingerprint density at radius 1 is 1.03 bits per heavy atom. The molecule has 0 aliphatic rings. The summed E-state index contributed by atoms with van der Waals surface area (Å²) in [5, 5.41) is 8.32. The van der Waals surface area contributed by atoms with E-state index in [-0.39, 0.29) is 5.56 Å². The molecule has 5 rings (SSSR count). The molecule has 0 aliphatic carbocycles. The van der Waals surface area contributed by atoms with E-state index in [9.17, 15) is 9.59 Å². The fourth-order valence-electron chi connectivity index (χ4n) is 3.74. The second-order valence-electron chi connectivity index (χ2n) is 7.82. The predicted molar refractivity (Wildman–Crippen MR) is 136 cm³/mol. The summed E-state index contributed by atoms with van der Waals surface area (Å²) in [5.41, 5.74) is 10.1. The lowest BCUT2D eigenvalue weighted by atomic mass is 10.1. The first-order valence-corrected chi connectivity index (χ1v) is 11.0. The summed E-state index contributed by atoms with van der Waals surface area (Å²) in [4.78, 5) is 23.0. The fourth-order valence-corrected chi connectivity index (χ4v) is 4.00. The lowest BCUT2D eigenvalue weighted by Crippen LogP contribution is -2.21. The fraction of sp³-hybridized carbons (Fsp3) is 0.115. The molecule has 0 spiro atoms. The van der Waals surface area contributed by atoms with E-state index in [2.05, 4.69) is 10.5 Å². The Morgan fingerprint density at radius 2 is 1.76 bits per heavy atom. The molecule has 2 heterocycles. The summed E-state index contributed by atoms with van der Waals surface area (Å²) in [5.74, 6) is 0.509. The zero-order chi connectivity index (χ0) is 24.2. The van der Waals surface area contributed by atoms with Crippen LogP contribution in [0.15, 0.2) is 76.0 Å². The lowest BCUT2D eigenvalue weighted by Gasteiger charge is -2.12. The van der Waals surface area contributed by atoms with Crippen LogP contribution in [0.4, 0.5) is 11.4 Å². The van der Waals surface area contributed by atoms with Gasteiger partial charge < -0.3 is 20.1 Å². The number of aryl methyl sites for hydroxylation is 2. The van der Waals surface area contributed by atoms with Gasteiger partial charge in [0, 0.05) is 5.39 Å². The number of hydrogen-bond donors (Lipinski definition) is 2. The van der Waals surface area contributed by atoms with Gasteiger partial charge in [-0.15, -0.1) is 0 Å². The minimum atomic E-state index is -0.112. The Bertz CT molecular complexity index is 1540. The molecule has 172 valence electrons. The van der Waals surface area contributed by atoms with E-state index in [0.29, 0.717) is 46.0 Å². The molecule has 0 aliphatic heterocycles. The summed E-state index contributed by atoms with van der Waals surface area (Å²) in [6.45, 7) is 4.25. The predicted octanol–water partition coefficient (Wildman–Crippen LogP) is 5.30. The van der Waals surface area contributed by atoms with Crippen LogP contribution in [0.2, 0.25) is 5.02 Å². The van der Waals surface area contributed by atoms with Crippen LogP contribution in [0.3, 0.4) is 0 Å². The van der Waals surface area contributed by atoms with Crippen LogP contribution in [-0.4, -0.2) is 16.1 Å². The van der Waals surface area contributed by atoms with Crippen molar-refractivity contribution in [2.75, 3.05) is 11.1 Å². The summed E-state index contributed by atoms with van der Waals surface area (Å²) < 4.78 is 6.99. The van der Waals surface area contributed by atoms with E-state index in [1.54, 1.807) is 29.7 Å². The summed E-state index contributed by atoms with van der Waals surface area (Å²) in [7, 11) is 0. The molecule has 0 bridgehead atoms. The highest BCUT2D eigenvalue weighted by molar-refractivity contribution is 6.37. The molecule has 2 aromatic heterocycles. The van der Waals surface area contributed by atoms with Gasteiger partial charge in [-0.05, 0) is 43.7 Å². The van der Waals surface area contributed by atoms with Gasteiger partial charge in [0.1, 0.15) is 16.7 Å². The molecule has 0 radical (unpaired) electrons. The van der Waals surface area contributed by atoms with E-state index in [0.717, 1.165) is 16.5 Å². The number of nitrogens with two attached hydrogens (primary N) is 1. The SMILES string of the molecule is Cc1ccc(Cn2c(=O)c3c(C)onc3c3c(Cl)cccc32)cc1.Nc1ccccc1NC=O. The highest BCUT2D eigenvalue weighted by atomic mass is 35.5. The molecule has 3 aromatic carbocycles. The Morgan fingerprint density at radius 3 is 2.47 bits per heavy atom. The maximum absolute atomic E-state index is 13.0. The highest BCUT2D eigenvalue weighted by Gasteiger charge is 2.18. The number of halogens is 1. The molecule has 1 amide bonds. The number of nitrogens with one attached hydrogen (secondary N) is 1. The number of carbonyl (C=O) groups excluding carboxylic acids is 1. The molecule has 34 heavy (non-hydrogen) atoms. The standard InChI is InChI=1S/C19H15ClN2O2.C7H8N2O/c1-11-6-8-13(9-7-11)10-22-15-5-3-4-14(20)17(15)18-16(19(22)23)12(2)24-21-18;8-6-3-1-2-4-7(6)9-5-10/h3-9H,10H2,1-2H3;1-5H,8H2,(H,9,10). The third-order valence-corrected chi connectivity index (χ3v) is 5.79. The van der Waals surface area contributed by atoms with E-state index in [1.165, 1.54) is 5.56 Å². The molecule has 0 atom stereocenters. The largest absolute Gasteiger partial charge is 0.397 e. The number of nitrogen functional groups attached to an aromatic ring is 1. The van der Waals surface area contributed by atoms with Crippen molar-refractivity contribution in [1.82, 2.24) is 9.72 Å². The number of hydrogen-bond acceptors (Lipinski definition) is 5. The van der Waals surface area contributed by atoms with Crippen molar-refractivity contribution in [1.29, 1.82) is 0 Å². The zero-order valence-electron chi connectivity index (χ0n) is 18.7. The number of pyridine rings is 1. The molecular weight excluding hydrogens is 452 g/mol. The van der Waals surface area contributed by atoms with Gasteiger partial charge in [0.2, 0.25) is 6.41 Å². The number of anilines is 2. The van der Waals surface area contributed by atoms with Crippen LogP contribution in [-0.2, 0) is 11.3 Å². The molecule has 5 aromatic rings. The van der Waals surface area contributed by atoms with Crippen LogP contribution < -0.4 is 16.6 Å². The first-order chi connectivity index (χ1) is 16.4. The summed E-state index contributed by atoms with van der Waals surface area (Å²) in [6.07, 6.45) is 0.603. The first kappa shape index (κ1) is 23.1. The maximum atomic E-state index is 13.0. The van der Waals surface area contributed by atoms with Crippen LogP contribution >= 0.6 is 11.6 Å². The minimum absolute atomic E-state index is 0.112. The first-order valence-electron chi connectivity index (χ1n) is 10.6. The molecular formula is C26H23ClN4O3. The topological polar surface area (TPSA) is 103 Å². The second-order valence-corrected chi connectivity index (χ2v) is 8.23. The van der Waals surface area contributed by atoms with Gasteiger partial charge in [-0.25, -0.2) is 0 Å². The van der Waals surface area contributed by atoms with E-state index in [1.807, 2.05) is 55.5 Å². The smallest absolute Gasteiger partial charge is 0.264 e. The number of fused-ring (bicyclic) bond motifs is 3. The average Bonchev–Trinajstić information content (AvgIpc) is 3.21. The maximum Gasteiger partial charge on any atom is 0.264 e. The number of carbonyl (C=O) groups is 1. The molecule has 0 unspecified atom stereocenters. The Hall–Kier alpha value is -4.10. The Balaban J connectivity index is 0.000000231. The second kappa shape index (κ2) is 9.80.